The van der Waals surface area contributed by atoms with E-state index < -0.39 is 6.04 Å². The van der Waals surface area contributed by atoms with Gasteiger partial charge >= 0.3 is 0 Å². The summed E-state index contributed by atoms with van der Waals surface area (Å²) in [5.74, 6) is 1.11. The molecule has 0 aliphatic carbocycles. The predicted octanol–water partition coefficient (Wildman–Crippen LogP) is 4.10. The lowest BCUT2D eigenvalue weighted by Gasteiger charge is -2.26. The number of allylic oxidation sites excluding steroid dienone is 1. The van der Waals surface area contributed by atoms with Gasteiger partial charge < -0.3 is 19.5 Å². The van der Waals surface area contributed by atoms with E-state index in [1.54, 1.807) is 44.4 Å². The maximum absolute atomic E-state index is 14.1. The minimum absolute atomic E-state index is 0.121. The molecule has 0 saturated carbocycles. The highest BCUT2D eigenvalue weighted by molar-refractivity contribution is 7.07. The molecule has 212 valence electrons. The number of ether oxygens (including phenoxy) is 3. The van der Waals surface area contributed by atoms with Crippen LogP contribution in [0, 0.1) is 18.3 Å². The van der Waals surface area contributed by atoms with E-state index >= 15 is 0 Å². The van der Waals surface area contributed by atoms with Gasteiger partial charge in [0.15, 0.2) is 22.9 Å². The number of carbonyl (C=O) groups excluding carboxylic acids is 1. The number of nitrogens with zero attached hydrogens (tertiary/aromatic N) is 3. The van der Waals surface area contributed by atoms with E-state index in [0.29, 0.717) is 54.7 Å². The number of carbonyl (C=O) groups is 1. The van der Waals surface area contributed by atoms with Crippen molar-refractivity contribution in [1.82, 2.24) is 4.57 Å². The maximum Gasteiger partial charge on any atom is 0.271 e. The van der Waals surface area contributed by atoms with E-state index in [4.69, 9.17) is 24.5 Å². The zero-order valence-electron chi connectivity index (χ0n) is 23.5. The smallest absolute Gasteiger partial charge is 0.271 e. The molecule has 9 nitrogen and oxygen atoms in total. The zero-order chi connectivity index (χ0) is 29.8. The number of thiazole rings is 1. The Kier molecular flexibility index (Phi) is 8.22. The molecular weight excluding hydrogens is 552 g/mol. The normalized spacial score (nSPS) is 14.5. The van der Waals surface area contributed by atoms with Crippen molar-refractivity contribution in [3.8, 4) is 23.3 Å². The number of nitriles is 1. The number of methoxy groups -OCH3 is 2. The van der Waals surface area contributed by atoms with Crippen molar-refractivity contribution in [3.63, 3.8) is 0 Å². The second-order valence-corrected chi connectivity index (χ2v) is 10.5. The molecule has 10 heteroatoms. The highest BCUT2D eigenvalue weighted by Crippen LogP contribution is 2.36. The third-order valence-electron chi connectivity index (χ3n) is 6.88. The number of nitrogens with one attached hydrogen (secondary N) is 1. The van der Waals surface area contributed by atoms with Crippen LogP contribution in [0.5, 0.6) is 17.2 Å². The first-order valence-corrected chi connectivity index (χ1v) is 13.9. The number of amides is 1. The first kappa shape index (κ1) is 28.4. The number of hydrogen-bond donors (Lipinski definition) is 1. The first-order valence-electron chi connectivity index (χ1n) is 13.1. The van der Waals surface area contributed by atoms with Gasteiger partial charge in [-0.05, 0) is 55.3 Å². The van der Waals surface area contributed by atoms with Gasteiger partial charge in [-0.2, -0.15) is 5.26 Å². The predicted molar refractivity (Wildman–Crippen MR) is 161 cm³/mol. The second kappa shape index (κ2) is 12.2. The van der Waals surface area contributed by atoms with E-state index in [-0.39, 0.29) is 18.1 Å². The van der Waals surface area contributed by atoms with Crippen molar-refractivity contribution in [2.45, 2.75) is 19.9 Å². The van der Waals surface area contributed by atoms with Gasteiger partial charge in [0.25, 0.3) is 11.5 Å². The molecule has 0 radical (unpaired) electrons. The summed E-state index contributed by atoms with van der Waals surface area (Å²) in [5.41, 5.74) is 3.38. The summed E-state index contributed by atoms with van der Waals surface area (Å²) < 4.78 is 18.5. The van der Waals surface area contributed by atoms with Crippen LogP contribution in [0.4, 0.5) is 5.69 Å². The quantitative estimate of drug-likeness (QED) is 0.336. The number of para-hydroxylation sites is 2. The van der Waals surface area contributed by atoms with E-state index in [0.717, 1.165) is 5.56 Å². The van der Waals surface area contributed by atoms with E-state index in [2.05, 4.69) is 5.32 Å². The summed E-state index contributed by atoms with van der Waals surface area (Å²) in [7, 11) is 3.08. The minimum Gasteiger partial charge on any atom is -0.493 e. The number of hydrogen-bond acceptors (Lipinski definition) is 8. The fourth-order valence-electron chi connectivity index (χ4n) is 4.84. The molecular formula is C32H28N4O5S. The number of rotatable bonds is 8. The van der Waals surface area contributed by atoms with Gasteiger partial charge in [-0.15, -0.1) is 0 Å². The molecule has 0 fully saturated rings. The van der Waals surface area contributed by atoms with Gasteiger partial charge in [-0.3, -0.25) is 14.2 Å². The van der Waals surface area contributed by atoms with E-state index in [9.17, 15) is 9.59 Å². The van der Waals surface area contributed by atoms with Crippen molar-refractivity contribution < 1.29 is 19.0 Å². The lowest BCUT2D eigenvalue weighted by molar-refractivity contribution is -0.113. The third kappa shape index (κ3) is 5.42. The van der Waals surface area contributed by atoms with Crippen LogP contribution >= 0.6 is 11.3 Å². The van der Waals surface area contributed by atoms with Gasteiger partial charge in [0.05, 0.1) is 36.1 Å². The van der Waals surface area contributed by atoms with Gasteiger partial charge in [0, 0.05) is 11.3 Å². The molecule has 1 atom stereocenters. The zero-order valence-corrected chi connectivity index (χ0v) is 24.3. The molecule has 5 rings (SSSR count). The molecule has 1 amide bonds. The summed E-state index contributed by atoms with van der Waals surface area (Å²) in [5, 5.41) is 12.0. The van der Waals surface area contributed by atoms with E-state index in [1.807, 2.05) is 55.5 Å². The molecule has 0 bridgehead atoms. The molecule has 42 heavy (non-hydrogen) atoms. The van der Waals surface area contributed by atoms with Crippen LogP contribution in [0.3, 0.4) is 0 Å². The van der Waals surface area contributed by atoms with Crippen molar-refractivity contribution in [2.24, 2.45) is 4.99 Å². The van der Waals surface area contributed by atoms with Crippen LogP contribution in [-0.4, -0.2) is 31.3 Å². The Balaban J connectivity index is 1.70. The van der Waals surface area contributed by atoms with Crippen molar-refractivity contribution >= 4 is 29.0 Å². The molecule has 2 heterocycles. The lowest BCUT2D eigenvalue weighted by Crippen LogP contribution is -2.40. The number of aromatic nitrogens is 1. The molecule has 1 aliphatic rings. The molecule has 1 aromatic heterocycles. The summed E-state index contributed by atoms with van der Waals surface area (Å²) in [6, 6.07) is 21.2. The maximum atomic E-state index is 14.1. The minimum atomic E-state index is -0.794. The van der Waals surface area contributed by atoms with E-state index in [1.165, 1.54) is 23.0 Å². The third-order valence-corrected chi connectivity index (χ3v) is 7.86. The Morgan fingerprint density at radius 1 is 1.05 bits per heavy atom. The molecule has 3 aromatic carbocycles. The SMILES string of the molecule is COc1ccc([C@@H]2C(C(=O)Nc3ccccc3C)=C(C)N=c3s/c(=C\c4ccccc4OCC#N)c(=O)n32)cc1OC. The molecule has 0 spiro atoms. The number of benzene rings is 3. The fourth-order valence-corrected chi connectivity index (χ4v) is 5.87. The molecule has 4 aromatic rings. The number of anilines is 1. The van der Waals surface area contributed by atoms with Gasteiger partial charge in [-0.25, -0.2) is 4.99 Å². The van der Waals surface area contributed by atoms with Crippen molar-refractivity contribution in [2.75, 3.05) is 26.1 Å². The fraction of sp³-hybridized carbons (Fsp3) is 0.188. The van der Waals surface area contributed by atoms with Gasteiger partial charge in [-0.1, -0.05) is 53.8 Å². The average Bonchev–Trinajstić information content (AvgIpc) is 3.30. The Morgan fingerprint density at radius 3 is 2.52 bits per heavy atom. The van der Waals surface area contributed by atoms with Crippen LogP contribution in [0.1, 0.15) is 29.7 Å². The van der Waals surface area contributed by atoms with Gasteiger partial charge in [0.2, 0.25) is 0 Å². The molecule has 0 saturated heterocycles. The molecule has 1 N–H and O–H groups in total. The van der Waals surface area contributed by atoms with Crippen molar-refractivity contribution in [1.29, 1.82) is 5.26 Å². The summed E-state index contributed by atoms with van der Waals surface area (Å²) in [4.78, 5) is 33.1. The average molecular weight is 581 g/mol. The largest absolute Gasteiger partial charge is 0.493 e. The standard InChI is InChI=1S/C32H28N4O5S/c1-19-9-5-7-11-23(19)35-30(37)28-20(2)34-32-36(29(28)22-13-14-25(39-3)26(17-22)40-4)31(38)27(42-32)18-21-10-6-8-12-24(21)41-16-15-33/h5-14,17-18,29H,16H2,1-4H3,(H,35,37)/b27-18-/t29-/m1/s1. The molecule has 1 aliphatic heterocycles. The highest BCUT2D eigenvalue weighted by Gasteiger charge is 2.33. The summed E-state index contributed by atoms with van der Waals surface area (Å²) in [6.45, 7) is 3.56. The van der Waals surface area contributed by atoms with Crippen LogP contribution in [0.25, 0.3) is 6.08 Å². The first-order chi connectivity index (χ1) is 20.4. The number of fused-ring (bicyclic) bond motifs is 1. The highest BCUT2D eigenvalue weighted by atomic mass is 32.1. The van der Waals surface area contributed by atoms with Crippen LogP contribution in [-0.2, 0) is 4.79 Å². The Labute approximate surface area is 246 Å². The molecule has 0 unspecified atom stereocenters. The second-order valence-electron chi connectivity index (χ2n) is 9.45. The van der Waals surface area contributed by atoms with Crippen LogP contribution in [0.2, 0.25) is 0 Å². The topological polar surface area (TPSA) is 115 Å². The number of aryl methyl sites for hydroxylation is 1. The summed E-state index contributed by atoms with van der Waals surface area (Å²) >= 11 is 1.22. The summed E-state index contributed by atoms with van der Waals surface area (Å²) in [6.07, 6.45) is 1.72. The van der Waals surface area contributed by atoms with Crippen LogP contribution < -0.4 is 34.4 Å². The van der Waals surface area contributed by atoms with Crippen molar-refractivity contribution in [3.05, 3.63) is 114 Å². The Hall–Kier alpha value is -5.14. The Morgan fingerprint density at radius 2 is 1.79 bits per heavy atom. The monoisotopic (exact) mass is 580 g/mol. The lowest BCUT2D eigenvalue weighted by atomic mass is 9.94. The van der Waals surface area contributed by atoms with Gasteiger partial charge in [0.1, 0.15) is 11.8 Å². The van der Waals surface area contributed by atoms with Crippen LogP contribution in [0.15, 0.2) is 87.8 Å². The Bertz CT molecular complexity index is 1930.